The number of oxime groups is 1. The van der Waals surface area contributed by atoms with E-state index in [4.69, 9.17) is 0 Å². The zero-order valence-corrected chi connectivity index (χ0v) is 23.5. The van der Waals surface area contributed by atoms with Crippen molar-refractivity contribution in [2.75, 3.05) is 31.6 Å². The molecule has 36 heavy (non-hydrogen) atoms. The number of hydrogen-bond donors (Lipinski definition) is 1. The molecule has 7 nitrogen and oxygen atoms in total. The Morgan fingerprint density at radius 2 is 1.61 bits per heavy atom. The third-order valence-electron chi connectivity index (χ3n) is 7.61. The second-order valence-electron chi connectivity index (χ2n) is 9.94. The molecule has 2 aromatic rings. The average molecular weight is 500 g/mol. The molecule has 8 heteroatoms. The summed E-state index contributed by atoms with van der Waals surface area (Å²) in [7, 11) is 1.80. The van der Waals surface area contributed by atoms with E-state index >= 15 is 0 Å². The largest absolute Gasteiger partial charge is 1.00 e. The second-order valence-corrected chi connectivity index (χ2v) is 9.94. The number of nitrogens with zero attached hydrogens (tertiary/aromatic N) is 3. The summed E-state index contributed by atoms with van der Waals surface area (Å²) >= 11 is 0. The number of aryl methyl sites for hydroxylation is 1. The molecule has 2 aliphatic heterocycles. The maximum absolute atomic E-state index is 11.9. The predicted octanol–water partition coefficient (Wildman–Crippen LogP) is 0.186. The molecule has 2 atom stereocenters. The minimum absolute atomic E-state index is 0. The Balaban J connectivity index is 0.00000361. The van der Waals surface area contributed by atoms with Gasteiger partial charge in [-0.3, -0.25) is 4.79 Å². The number of rotatable bonds is 7. The summed E-state index contributed by atoms with van der Waals surface area (Å²) in [6.45, 7) is 4.04. The Morgan fingerprint density at radius 3 is 2.14 bits per heavy atom. The van der Waals surface area contributed by atoms with Gasteiger partial charge < -0.3 is 24.9 Å². The molecule has 2 saturated heterocycles. The molecule has 1 unspecified atom stereocenters. The summed E-state index contributed by atoms with van der Waals surface area (Å²) in [5, 5.41) is 24.8. The number of carbonyl (C=O) groups excluding carboxylic acids is 2. The van der Waals surface area contributed by atoms with Crippen molar-refractivity contribution >= 4 is 23.3 Å². The van der Waals surface area contributed by atoms with E-state index in [0.717, 1.165) is 22.5 Å². The van der Waals surface area contributed by atoms with Crippen molar-refractivity contribution in [3.05, 3.63) is 65.2 Å². The molecule has 0 radical (unpaired) electrons. The molecule has 1 N–H and O–H groups in total. The first-order valence-corrected chi connectivity index (χ1v) is 12.4. The van der Waals surface area contributed by atoms with Crippen LogP contribution in [0.15, 0.2) is 53.7 Å². The Hall–Kier alpha value is -2.35. The van der Waals surface area contributed by atoms with Crippen LogP contribution >= 0.6 is 0 Å². The van der Waals surface area contributed by atoms with Gasteiger partial charge in [0.1, 0.15) is 0 Å². The van der Waals surface area contributed by atoms with Crippen molar-refractivity contribution in [1.29, 1.82) is 0 Å². The van der Waals surface area contributed by atoms with Crippen molar-refractivity contribution in [2.24, 2.45) is 17.0 Å². The molecule has 4 rings (SSSR count). The van der Waals surface area contributed by atoms with Gasteiger partial charge in [-0.05, 0) is 49.4 Å². The molecule has 0 aliphatic carbocycles. The van der Waals surface area contributed by atoms with E-state index < -0.39 is 5.97 Å². The molecular formula is C28H34N3NaO4. The first kappa shape index (κ1) is 28.2. The van der Waals surface area contributed by atoms with Crippen molar-refractivity contribution in [3.8, 4) is 0 Å². The Kier molecular flexibility index (Phi) is 10.00. The standard InChI is InChI=1S/C28H35N3O4.Na/c1-19-3-5-20(6-4-19)25(17-26(29-35)23-9-12-27(32)30(2)18-23)21-7-10-24(11-8-21)31-15-13-22(14-16-31)28(33)34;/h3-8,10-11,22-23,25,35H,9,12-18H2,1-2H3,(H,33,34);/q;+1/p-1/b29-26-;/t23?,25-;/m1./s1. The molecule has 2 aromatic carbocycles. The SMILES string of the molecule is Cc1ccc([C@@H](C/C(=N/O)C2CCC(=O)N(C)C2)c2ccc(N3CCC(C(=O)[O-])CC3)cc2)cc1.[Na+]. The van der Waals surface area contributed by atoms with Gasteiger partial charge in [-0.1, -0.05) is 47.1 Å². The molecule has 0 aromatic heterocycles. The number of hydrogen-bond acceptors (Lipinski definition) is 6. The molecular weight excluding hydrogens is 465 g/mol. The van der Waals surface area contributed by atoms with Gasteiger partial charge in [-0.15, -0.1) is 0 Å². The number of carboxylic acid groups (broad SMARTS) is 1. The fourth-order valence-corrected chi connectivity index (χ4v) is 5.30. The number of carbonyl (C=O) groups is 2. The summed E-state index contributed by atoms with van der Waals surface area (Å²) < 4.78 is 0. The van der Waals surface area contributed by atoms with Crippen LogP contribution in [0.3, 0.4) is 0 Å². The fourth-order valence-electron chi connectivity index (χ4n) is 5.30. The fraction of sp³-hybridized carbons (Fsp3) is 0.464. The number of amides is 1. The quantitative estimate of drug-likeness (QED) is 0.254. The Labute approximate surface area is 235 Å². The van der Waals surface area contributed by atoms with E-state index in [-0.39, 0.29) is 53.2 Å². The number of benzene rings is 2. The van der Waals surface area contributed by atoms with E-state index in [2.05, 4.69) is 65.5 Å². The molecule has 2 fully saturated rings. The molecule has 2 aliphatic rings. The van der Waals surface area contributed by atoms with Crippen molar-refractivity contribution in [3.63, 3.8) is 0 Å². The van der Waals surface area contributed by atoms with Crippen LogP contribution in [0.4, 0.5) is 5.69 Å². The first-order chi connectivity index (χ1) is 16.9. The summed E-state index contributed by atoms with van der Waals surface area (Å²) in [5.74, 6) is -1.12. The minimum atomic E-state index is -0.948. The van der Waals surface area contributed by atoms with Crippen LogP contribution in [-0.2, 0) is 9.59 Å². The van der Waals surface area contributed by atoms with Crippen LogP contribution in [-0.4, -0.2) is 54.4 Å². The molecule has 0 saturated carbocycles. The van der Waals surface area contributed by atoms with Crippen molar-refractivity contribution < 1.29 is 49.5 Å². The summed E-state index contributed by atoms with van der Waals surface area (Å²) in [5.41, 5.74) is 5.27. The van der Waals surface area contributed by atoms with Gasteiger partial charge >= 0.3 is 29.6 Å². The van der Waals surface area contributed by atoms with Crippen molar-refractivity contribution in [2.45, 2.75) is 44.9 Å². The van der Waals surface area contributed by atoms with Crippen LogP contribution in [0.2, 0.25) is 0 Å². The topological polar surface area (TPSA) is 96.3 Å². The van der Waals surface area contributed by atoms with E-state index in [1.54, 1.807) is 11.9 Å². The monoisotopic (exact) mass is 499 g/mol. The predicted molar refractivity (Wildman–Crippen MR) is 134 cm³/mol. The smallest absolute Gasteiger partial charge is 0.550 e. The molecule has 2 heterocycles. The third kappa shape index (κ3) is 6.69. The van der Waals surface area contributed by atoms with E-state index in [0.29, 0.717) is 51.7 Å². The van der Waals surface area contributed by atoms with Gasteiger partial charge in [0.15, 0.2) is 0 Å². The molecule has 0 bridgehead atoms. The van der Waals surface area contributed by atoms with Gasteiger partial charge in [0.25, 0.3) is 0 Å². The van der Waals surface area contributed by atoms with Crippen LogP contribution in [0.5, 0.6) is 0 Å². The zero-order valence-electron chi connectivity index (χ0n) is 21.5. The van der Waals surface area contributed by atoms with Gasteiger partial charge in [-0.25, -0.2) is 0 Å². The van der Waals surface area contributed by atoms with Crippen LogP contribution < -0.4 is 39.6 Å². The third-order valence-corrected chi connectivity index (χ3v) is 7.61. The van der Waals surface area contributed by atoms with Crippen LogP contribution in [0.1, 0.15) is 54.7 Å². The van der Waals surface area contributed by atoms with Crippen molar-refractivity contribution in [1.82, 2.24) is 4.90 Å². The zero-order chi connectivity index (χ0) is 24.9. The Bertz CT molecular complexity index is 1060. The summed E-state index contributed by atoms with van der Waals surface area (Å²) in [6.07, 6.45) is 2.95. The summed E-state index contributed by atoms with van der Waals surface area (Å²) in [4.78, 5) is 27.0. The van der Waals surface area contributed by atoms with Crippen LogP contribution in [0.25, 0.3) is 0 Å². The number of aliphatic carboxylic acids is 1. The molecule has 186 valence electrons. The van der Waals surface area contributed by atoms with Gasteiger partial charge in [0, 0.05) is 68.9 Å². The number of likely N-dealkylation sites (tertiary alicyclic amines) is 1. The number of carboxylic acids is 1. The normalized spacial score (nSPS) is 20.1. The maximum atomic E-state index is 11.9. The van der Waals surface area contributed by atoms with E-state index in [1.165, 1.54) is 5.56 Å². The maximum Gasteiger partial charge on any atom is 1.00 e. The molecule has 0 spiro atoms. The van der Waals surface area contributed by atoms with E-state index in [9.17, 15) is 19.9 Å². The average Bonchev–Trinajstić information content (AvgIpc) is 2.87. The number of anilines is 1. The van der Waals surface area contributed by atoms with Gasteiger partial charge in [0.05, 0.1) is 5.71 Å². The number of piperidine rings is 2. The van der Waals surface area contributed by atoms with Gasteiger partial charge in [-0.2, -0.15) is 0 Å². The minimum Gasteiger partial charge on any atom is -0.550 e. The van der Waals surface area contributed by atoms with Gasteiger partial charge in [0.2, 0.25) is 5.91 Å². The Morgan fingerprint density at radius 1 is 1.03 bits per heavy atom. The van der Waals surface area contributed by atoms with Crippen LogP contribution in [0, 0.1) is 18.8 Å². The first-order valence-electron chi connectivity index (χ1n) is 12.4. The second kappa shape index (κ2) is 12.7. The van der Waals surface area contributed by atoms with E-state index in [1.807, 2.05) is 0 Å². The molecule has 1 amide bonds. The summed E-state index contributed by atoms with van der Waals surface area (Å²) in [6, 6.07) is 16.9.